The molecule has 0 saturated heterocycles. The Morgan fingerprint density at radius 1 is 2.00 bits per heavy atom. The fourth-order valence-electron chi connectivity index (χ4n) is 0.431. The van der Waals surface area contributed by atoms with E-state index in [-0.39, 0.29) is 0 Å². The number of hydrogen-bond donors (Lipinski definition) is 1. The van der Waals surface area contributed by atoms with E-state index in [4.69, 9.17) is 5.21 Å². The number of hydrogen-bond acceptors (Lipinski definition) is 3. The van der Waals surface area contributed by atoms with Crippen LogP contribution in [0.25, 0.3) is 0 Å². The summed E-state index contributed by atoms with van der Waals surface area (Å²) in [4.78, 5) is 4.56. The summed E-state index contributed by atoms with van der Waals surface area (Å²) < 4.78 is 0. The quantitative estimate of drug-likeness (QED) is 0.483. The van der Waals surface area contributed by atoms with Crippen LogP contribution in [-0.4, -0.2) is 17.0 Å². The molecule has 0 aromatic rings. The van der Waals surface area contributed by atoms with E-state index in [2.05, 4.69) is 4.84 Å². The second-order valence-electron chi connectivity index (χ2n) is 1.55. The van der Waals surface area contributed by atoms with Crippen LogP contribution in [0.1, 0.15) is 6.92 Å². The Kier molecular flexibility index (Phi) is 1.00. The molecule has 0 spiro atoms. The molecule has 7 heavy (non-hydrogen) atoms. The van der Waals surface area contributed by atoms with Gasteiger partial charge in [0.05, 0.1) is 6.20 Å². The lowest BCUT2D eigenvalue weighted by atomic mass is 10.4. The van der Waals surface area contributed by atoms with Gasteiger partial charge in [-0.1, -0.05) is 0 Å². The maximum absolute atomic E-state index is 8.43. The summed E-state index contributed by atoms with van der Waals surface area (Å²) in [6, 6.07) is 0. The minimum atomic E-state index is 0.510. The normalized spacial score (nSPS) is 20.3. The second-order valence-corrected chi connectivity index (χ2v) is 1.55. The van der Waals surface area contributed by atoms with Crippen LogP contribution in [0.3, 0.4) is 0 Å². The first-order chi connectivity index (χ1) is 3.29. The zero-order valence-corrected chi connectivity index (χ0v) is 4.09. The van der Waals surface area contributed by atoms with Crippen LogP contribution in [0.15, 0.2) is 11.8 Å². The number of nitrogens with zero attached hydrogens (tertiary/aromatic N) is 1. The predicted molar refractivity (Wildman–Crippen MR) is 23.3 cm³/mol. The van der Waals surface area contributed by atoms with Gasteiger partial charge in [-0.05, 0) is 12.5 Å². The lowest BCUT2D eigenvalue weighted by Crippen LogP contribution is -2.04. The van der Waals surface area contributed by atoms with Gasteiger partial charge in [-0.3, -0.25) is 5.21 Å². The summed E-state index contributed by atoms with van der Waals surface area (Å²) in [5.41, 5.74) is 1.03. The molecule has 1 aliphatic rings. The zero-order valence-electron chi connectivity index (χ0n) is 4.09. The molecule has 3 heteroatoms. The highest BCUT2D eigenvalue weighted by atomic mass is 16.9. The van der Waals surface area contributed by atoms with Crippen molar-refractivity contribution in [2.45, 2.75) is 6.92 Å². The van der Waals surface area contributed by atoms with Crippen molar-refractivity contribution >= 4 is 0 Å². The molecule has 40 valence electrons. The Bertz CT molecular complexity index is 99.9. The van der Waals surface area contributed by atoms with Gasteiger partial charge in [0.25, 0.3) is 0 Å². The Morgan fingerprint density at radius 3 is 2.86 bits per heavy atom. The Balaban J connectivity index is 2.50. The molecular weight excluding hydrogens is 94.0 g/mol. The van der Waals surface area contributed by atoms with Crippen LogP contribution >= 0.6 is 0 Å². The molecular formula is C4H7NO2. The molecule has 0 radical (unpaired) electrons. The molecule has 3 nitrogen and oxygen atoms in total. The average Bonchev–Trinajstić information content (AvgIpc) is 1.87. The molecule has 0 amide bonds. The first-order valence-corrected chi connectivity index (χ1v) is 2.07. The molecule has 0 aliphatic carbocycles. The molecule has 0 bridgehead atoms. The summed E-state index contributed by atoms with van der Waals surface area (Å²) in [5.74, 6) is 0. The van der Waals surface area contributed by atoms with Gasteiger partial charge < -0.3 is 0 Å². The van der Waals surface area contributed by atoms with E-state index < -0.39 is 0 Å². The van der Waals surface area contributed by atoms with E-state index >= 15 is 0 Å². The van der Waals surface area contributed by atoms with Gasteiger partial charge in [0.15, 0.2) is 0 Å². The van der Waals surface area contributed by atoms with Crippen LogP contribution in [0, 0.1) is 0 Å². The topological polar surface area (TPSA) is 32.7 Å². The number of rotatable bonds is 0. The third-order valence-corrected chi connectivity index (χ3v) is 0.755. The zero-order chi connectivity index (χ0) is 5.28. The van der Waals surface area contributed by atoms with Gasteiger partial charge >= 0.3 is 0 Å². The average molecular weight is 101 g/mol. The first kappa shape index (κ1) is 4.61. The van der Waals surface area contributed by atoms with Crippen LogP contribution < -0.4 is 0 Å². The molecule has 1 aliphatic heterocycles. The highest BCUT2D eigenvalue weighted by Crippen LogP contribution is 2.04. The second kappa shape index (κ2) is 1.52. The Morgan fingerprint density at radius 2 is 2.71 bits per heavy atom. The molecule has 0 saturated carbocycles. The van der Waals surface area contributed by atoms with Crippen molar-refractivity contribution in [1.82, 2.24) is 5.23 Å². The summed E-state index contributed by atoms with van der Waals surface area (Å²) in [6.07, 6.45) is 1.53. The van der Waals surface area contributed by atoms with Crippen molar-refractivity contribution in [2.24, 2.45) is 0 Å². The molecule has 1 N–H and O–H groups in total. The highest BCUT2D eigenvalue weighted by molar-refractivity contribution is 4.97. The highest BCUT2D eigenvalue weighted by Gasteiger charge is 2.04. The smallest absolute Gasteiger partial charge is 0.100 e. The summed E-state index contributed by atoms with van der Waals surface area (Å²) in [5, 5.41) is 9.15. The van der Waals surface area contributed by atoms with Crippen LogP contribution in [0.2, 0.25) is 0 Å². The largest absolute Gasteiger partial charge is 0.264 e. The maximum Gasteiger partial charge on any atom is 0.100 e. The van der Waals surface area contributed by atoms with E-state index in [0.717, 1.165) is 10.8 Å². The van der Waals surface area contributed by atoms with Crippen molar-refractivity contribution in [3.05, 3.63) is 11.8 Å². The van der Waals surface area contributed by atoms with Gasteiger partial charge in [-0.25, -0.2) is 4.84 Å². The van der Waals surface area contributed by atoms with Crippen LogP contribution in [0.5, 0.6) is 0 Å². The van der Waals surface area contributed by atoms with Gasteiger partial charge in [0, 0.05) is 0 Å². The van der Waals surface area contributed by atoms with E-state index in [0.29, 0.717) is 6.61 Å². The van der Waals surface area contributed by atoms with E-state index in [1.807, 2.05) is 6.92 Å². The Hall–Kier alpha value is -0.540. The van der Waals surface area contributed by atoms with Crippen molar-refractivity contribution in [3.63, 3.8) is 0 Å². The standard InChI is InChI=1S/C4H7NO2/c1-4-2-5(6)7-3-4/h2,6H,3H2,1H3. The van der Waals surface area contributed by atoms with E-state index in [1.54, 1.807) is 0 Å². The molecule has 0 aromatic heterocycles. The number of hydroxylamine groups is 2. The van der Waals surface area contributed by atoms with Gasteiger partial charge in [-0.15, -0.1) is 5.23 Å². The van der Waals surface area contributed by atoms with E-state index in [9.17, 15) is 0 Å². The van der Waals surface area contributed by atoms with Gasteiger partial charge in [0.1, 0.15) is 6.61 Å². The maximum atomic E-state index is 8.43. The van der Waals surface area contributed by atoms with Crippen molar-refractivity contribution in [3.8, 4) is 0 Å². The lowest BCUT2D eigenvalue weighted by molar-refractivity contribution is -0.287. The fourth-order valence-corrected chi connectivity index (χ4v) is 0.431. The Labute approximate surface area is 41.7 Å². The van der Waals surface area contributed by atoms with Crippen molar-refractivity contribution in [2.75, 3.05) is 6.61 Å². The van der Waals surface area contributed by atoms with Crippen molar-refractivity contribution in [1.29, 1.82) is 0 Å². The molecule has 0 aromatic carbocycles. The molecule has 0 fully saturated rings. The summed E-state index contributed by atoms with van der Waals surface area (Å²) in [6.45, 7) is 2.40. The van der Waals surface area contributed by atoms with E-state index in [1.165, 1.54) is 6.20 Å². The third kappa shape index (κ3) is 0.913. The molecule has 1 heterocycles. The molecule has 0 atom stereocenters. The lowest BCUT2D eigenvalue weighted by Gasteiger charge is -1.99. The van der Waals surface area contributed by atoms with Crippen LogP contribution in [-0.2, 0) is 4.84 Å². The minimum Gasteiger partial charge on any atom is -0.264 e. The minimum absolute atomic E-state index is 0.510. The summed E-state index contributed by atoms with van der Waals surface area (Å²) >= 11 is 0. The van der Waals surface area contributed by atoms with Crippen LogP contribution in [0.4, 0.5) is 0 Å². The monoisotopic (exact) mass is 101 g/mol. The summed E-state index contributed by atoms with van der Waals surface area (Å²) in [7, 11) is 0. The third-order valence-electron chi connectivity index (χ3n) is 0.755. The van der Waals surface area contributed by atoms with Gasteiger partial charge in [-0.2, -0.15) is 0 Å². The predicted octanol–water partition coefficient (Wildman–Crippen LogP) is 0.527. The van der Waals surface area contributed by atoms with Gasteiger partial charge in [0.2, 0.25) is 0 Å². The SMILES string of the molecule is CC1=CN(O)OC1. The molecule has 1 rings (SSSR count). The fraction of sp³-hybridized carbons (Fsp3) is 0.500. The van der Waals surface area contributed by atoms with Crippen molar-refractivity contribution < 1.29 is 10.0 Å². The molecule has 0 unspecified atom stereocenters. The first-order valence-electron chi connectivity index (χ1n) is 2.07.